The van der Waals surface area contributed by atoms with Crippen LogP contribution in [0.5, 0.6) is 0 Å². The molecule has 0 aliphatic carbocycles. The van der Waals surface area contributed by atoms with Crippen molar-refractivity contribution >= 4 is 12.0 Å². The first-order chi connectivity index (χ1) is 7.97. The van der Waals surface area contributed by atoms with Crippen LogP contribution in [0.15, 0.2) is 0 Å². The van der Waals surface area contributed by atoms with E-state index in [-0.39, 0.29) is 13.0 Å². The van der Waals surface area contributed by atoms with Gasteiger partial charge in [0.2, 0.25) is 0 Å². The molecule has 7 heteroatoms. The van der Waals surface area contributed by atoms with Crippen LogP contribution in [0, 0.1) is 0 Å². The molecule has 4 N–H and O–H groups in total. The molecule has 1 aliphatic rings. The number of hydrogen-bond donors (Lipinski definition) is 4. The molecule has 1 aliphatic heterocycles. The number of carbonyl (C=O) groups excluding carboxylic acids is 1. The van der Waals surface area contributed by atoms with Gasteiger partial charge in [-0.1, -0.05) is 0 Å². The fourth-order valence-electron chi connectivity index (χ4n) is 1.62. The van der Waals surface area contributed by atoms with E-state index < -0.39 is 23.6 Å². The van der Waals surface area contributed by atoms with Crippen LogP contribution in [0.3, 0.4) is 0 Å². The van der Waals surface area contributed by atoms with Crippen molar-refractivity contribution < 1.29 is 24.5 Å². The topological polar surface area (TPSA) is 108 Å². The second-order valence-electron chi connectivity index (χ2n) is 4.36. The smallest absolute Gasteiger partial charge is 0.326 e. The molecule has 2 amide bonds. The lowest BCUT2D eigenvalue weighted by molar-refractivity contribution is -0.139. The fourth-order valence-corrected chi connectivity index (χ4v) is 1.62. The number of carbonyl (C=O) groups is 2. The molecule has 0 aromatic carbocycles. The number of ether oxygens (including phenoxy) is 1. The number of aliphatic carboxylic acids is 1. The number of carboxylic acid groups (broad SMARTS) is 1. The van der Waals surface area contributed by atoms with E-state index >= 15 is 0 Å². The first kappa shape index (κ1) is 13.7. The number of amides is 2. The minimum atomic E-state index is -1.16. The quantitative estimate of drug-likeness (QED) is 0.513. The molecule has 0 aromatic heterocycles. The van der Waals surface area contributed by atoms with Crippen LogP contribution in [0.4, 0.5) is 4.79 Å². The highest BCUT2D eigenvalue weighted by molar-refractivity contribution is 5.82. The van der Waals surface area contributed by atoms with E-state index in [9.17, 15) is 9.59 Å². The number of carboxylic acids is 1. The summed E-state index contributed by atoms with van der Waals surface area (Å²) in [4.78, 5) is 22.3. The third-order valence-corrected chi connectivity index (χ3v) is 2.66. The Bertz CT molecular complexity index is 288. The second-order valence-corrected chi connectivity index (χ2v) is 4.36. The van der Waals surface area contributed by atoms with Crippen molar-refractivity contribution in [1.82, 2.24) is 10.6 Å². The van der Waals surface area contributed by atoms with Crippen LogP contribution in [-0.4, -0.2) is 53.6 Å². The Morgan fingerprint density at radius 3 is 2.71 bits per heavy atom. The second kappa shape index (κ2) is 5.83. The summed E-state index contributed by atoms with van der Waals surface area (Å²) >= 11 is 0. The van der Waals surface area contributed by atoms with Crippen molar-refractivity contribution in [2.45, 2.75) is 31.3 Å². The lowest BCUT2D eigenvalue weighted by atomic mass is 10.0. The van der Waals surface area contributed by atoms with Gasteiger partial charge in [-0.25, -0.2) is 9.59 Å². The highest BCUT2D eigenvalue weighted by Gasteiger charge is 2.32. The van der Waals surface area contributed by atoms with Crippen LogP contribution >= 0.6 is 0 Å². The van der Waals surface area contributed by atoms with Crippen LogP contribution in [0.2, 0.25) is 0 Å². The van der Waals surface area contributed by atoms with E-state index in [2.05, 4.69) is 10.6 Å². The van der Waals surface area contributed by atoms with Gasteiger partial charge >= 0.3 is 12.0 Å². The van der Waals surface area contributed by atoms with Crippen molar-refractivity contribution in [2.24, 2.45) is 0 Å². The average molecular weight is 246 g/mol. The average Bonchev–Trinajstić information content (AvgIpc) is 2.63. The highest BCUT2D eigenvalue weighted by Crippen LogP contribution is 2.17. The molecule has 2 atom stereocenters. The maximum atomic E-state index is 11.6. The van der Waals surface area contributed by atoms with Gasteiger partial charge in [0.05, 0.1) is 12.1 Å². The third-order valence-electron chi connectivity index (χ3n) is 2.66. The van der Waals surface area contributed by atoms with Gasteiger partial charge in [0, 0.05) is 19.6 Å². The van der Waals surface area contributed by atoms with Gasteiger partial charge in [-0.15, -0.1) is 0 Å². The summed E-state index contributed by atoms with van der Waals surface area (Å²) in [5, 5.41) is 22.5. The molecule has 1 saturated heterocycles. The molecular formula is C10H18N2O5. The minimum absolute atomic E-state index is 0.0179. The van der Waals surface area contributed by atoms with Crippen molar-refractivity contribution in [2.75, 3.05) is 19.8 Å². The molecule has 17 heavy (non-hydrogen) atoms. The zero-order valence-corrected chi connectivity index (χ0v) is 9.73. The summed E-state index contributed by atoms with van der Waals surface area (Å²) in [5.74, 6) is -1.16. The molecule has 1 heterocycles. The number of urea groups is 1. The van der Waals surface area contributed by atoms with Gasteiger partial charge in [0.1, 0.15) is 6.04 Å². The summed E-state index contributed by atoms with van der Waals surface area (Å²) in [6.45, 7) is 2.53. The first-order valence-corrected chi connectivity index (χ1v) is 5.47. The maximum Gasteiger partial charge on any atom is 0.326 e. The molecular weight excluding hydrogens is 228 g/mol. The van der Waals surface area contributed by atoms with E-state index in [4.69, 9.17) is 14.9 Å². The van der Waals surface area contributed by atoms with Crippen LogP contribution < -0.4 is 10.6 Å². The zero-order valence-electron chi connectivity index (χ0n) is 9.73. The molecule has 98 valence electrons. The largest absolute Gasteiger partial charge is 0.480 e. The minimum Gasteiger partial charge on any atom is -0.480 e. The van der Waals surface area contributed by atoms with Crippen LogP contribution in [0.25, 0.3) is 0 Å². The summed E-state index contributed by atoms with van der Waals surface area (Å²) in [6.07, 6.45) is 0.675. The molecule has 2 unspecified atom stereocenters. The van der Waals surface area contributed by atoms with Crippen molar-refractivity contribution in [3.05, 3.63) is 0 Å². The molecule has 7 nitrogen and oxygen atoms in total. The Morgan fingerprint density at radius 2 is 2.24 bits per heavy atom. The SMILES string of the molecule is CC1(NC(=O)NC(CCO)C(=O)O)CCOC1. The van der Waals surface area contributed by atoms with E-state index in [1.54, 1.807) is 0 Å². The van der Waals surface area contributed by atoms with Crippen LogP contribution in [0.1, 0.15) is 19.8 Å². The predicted octanol–water partition coefficient (Wildman–Crippen LogP) is -0.700. The van der Waals surface area contributed by atoms with Gasteiger partial charge in [-0.2, -0.15) is 0 Å². The monoisotopic (exact) mass is 246 g/mol. The van der Waals surface area contributed by atoms with Gasteiger partial charge in [-0.3, -0.25) is 0 Å². The Hall–Kier alpha value is -1.34. The molecule has 0 radical (unpaired) electrons. The molecule has 0 bridgehead atoms. The van der Waals surface area contributed by atoms with Gasteiger partial charge in [0.15, 0.2) is 0 Å². The summed E-state index contributed by atoms with van der Waals surface area (Å²) < 4.78 is 5.16. The zero-order chi connectivity index (χ0) is 12.9. The molecule has 0 saturated carbocycles. The predicted molar refractivity (Wildman–Crippen MR) is 58.6 cm³/mol. The number of hydrogen-bond acceptors (Lipinski definition) is 4. The highest BCUT2D eigenvalue weighted by atomic mass is 16.5. The number of aliphatic hydroxyl groups is 1. The summed E-state index contributed by atoms with van der Waals surface area (Å²) in [5.41, 5.74) is -0.452. The van der Waals surface area contributed by atoms with E-state index in [1.165, 1.54) is 0 Å². The lowest BCUT2D eigenvalue weighted by Crippen LogP contribution is -2.54. The standard InChI is InChI=1S/C10H18N2O5/c1-10(3-5-17-6-10)12-9(16)11-7(2-4-13)8(14)15/h7,13H,2-6H2,1H3,(H,14,15)(H2,11,12,16). The number of aliphatic hydroxyl groups excluding tert-OH is 1. The molecule has 1 fully saturated rings. The maximum absolute atomic E-state index is 11.6. The molecule has 0 spiro atoms. The Morgan fingerprint density at radius 1 is 1.53 bits per heavy atom. The normalized spacial score (nSPS) is 25.3. The van der Waals surface area contributed by atoms with Crippen molar-refractivity contribution in [3.63, 3.8) is 0 Å². The summed E-state index contributed by atoms with van der Waals surface area (Å²) in [6, 6.07) is -1.63. The Kier molecular flexibility index (Phi) is 4.71. The Labute approximate surface area is 99.1 Å². The van der Waals surface area contributed by atoms with Crippen molar-refractivity contribution in [1.29, 1.82) is 0 Å². The first-order valence-electron chi connectivity index (χ1n) is 5.47. The van der Waals surface area contributed by atoms with E-state index in [0.717, 1.165) is 0 Å². The third kappa shape index (κ3) is 4.20. The van der Waals surface area contributed by atoms with Gasteiger partial charge < -0.3 is 25.6 Å². The van der Waals surface area contributed by atoms with E-state index in [1.807, 2.05) is 6.92 Å². The van der Waals surface area contributed by atoms with Gasteiger partial charge in [-0.05, 0) is 13.3 Å². The summed E-state index contributed by atoms with van der Waals surface area (Å²) in [7, 11) is 0. The molecule has 1 rings (SSSR count). The number of rotatable bonds is 5. The van der Waals surface area contributed by atoms with Crippen LogP contribution in [-0.2, 0) is 9.53 Å². The van der Waals surface area contributed by atoms with Gasteiger partial charge in [0.25, 0.3) is 0 Å². The molecule has 0 aromatic rings. The van der Waals surface area contributed by atoms with E-state index in [0.29, 0.717) is 19.6 Å². The lowest BCUT2D eigenvalue weighted by Gasteiger charge is -2.25. The fraction of sp³-hybridized carbons (Fsp3) is 0.800. The van der Waals surface area contributed by atoms with Crippen molar-refractivity contribution in [3.8, 4) is 0 Å². The Balaban J connectivity index is 2.44. The number of nitrogens with one attached hydrogen (secondary N) is 2.